The minimum atomic E-state index is -0.216. The fourth-order valence-corrected chi connectivity index (χ4v) is 4.86. The van der Waals surface area contributed by atoms with Gasteiger partial charge in [0.1, 0.15) is 15.8 Å². The van der Waals surface area contributed by atoms with Crippen molar-refractivity contribution in [1.82, 2.24) is 14.3 Å². The predicted octanol–water partition coefficient (Wildman–Crippen LogP) is 3.21. The number of fused-ring (bicyclic) bond motifs is 1. The number of rotatable bonds is 6. The highest BCUT2D eigenvalue weighted by molar-refractivity contribution is 8.26. The van der Waals surface area contributed by atoms with E-state index >= 15 is 0 Å². The van der Waals surface area contributed by atoms with Gasteiger partial charge in [0.15, 0.2) is 0 Å². The van der Waals surface area contributed by atoms with Gasteiger partial charge in [-0.1, -0.05) is 37.0 Å². The first-order valence-electron chi connectivity index (χ1n) is 10.1. The van der Waals surface area contributed by atoms with Gasteiger partial charge < -0.3 is 10.1 Å². The molecular weight excluding hydrogens is 420 g/mol. The Balaban J connectivity index is 1.73. The molecule has 0 unspecified atom stereocenters. The number of aryl methyl sites for hydroxylation is 1. The molecular formula is C21H24N4O3S2. The summed E-state index contributed by atoms with van der Waals surface area (Å²) in [7, 11) is 0. The summed E-state index contributed by atoms with van der Waals surface area (Å²) >= 11 is 6.65. The smallest absolute Gasteiger partial charge is 0.267 e. The average Bonchev–Trinajstić information content (AvgIpc) is 3.33. The van der Waals surface area contributed by atoms with Crippen molar-refractivity contribution in [2.75, 3.05) is 25.0 Å². The zero-order chi connectivity index (χ0) is 21.3. The van der Waals surface area contributed by atoms with E-state index < -0.39 is 0 Å². The molecule has 2 aliphatic rings. The Morgan fingerprint density at radius 2 is 2.27 bits per heavy atom. The maximum atomic E-state index is 13.3. The Morgan fingerprint density at radius 1 is 1.43 bits per heavy atom. The molecule has 4 heterocycles. The molecule has 2 fully saturated rings. The number of hydrogen-bond donors (Lipinski definition) is 1. The number of thiocarbonyl (C=S) groups is 1. The van der Waals surface area contributed by atoms with E-state index in [1.165, 1.54) is 16.2 Å². The largest absolute Gasteiger partial charge is 0.376 e. The first-order chi connectivity index (χ1) is 14.5. The lowest BCUT2D eigenvalue weighted by Gasteiger charge is -2.18. The van der Waals surface area contributed by atoms with Gasteiger partial charge in [-0.2, -0.15) is 0 Å². The molecule has 0 bridgehead atoms. The third-order valence-corrected chi connectivity index (χ3v) is 6.56. The SMILES string of the molecule is CCCNc1nc2c(C)cccn2c(=O)c1/C=C1\SC(=S)N(C[C@@H]2CCCO2)C1=O. The highest BCUT2D eigenvalue weighted by atomic mass is 32.2. The van der Waals surface area contributed by atoms with Gasteiger partial charge in [-0.05, 0) is 43.9 Å². The number of pyridine rings is 1. The molecule has 9 heteroatoms. The second-order valence-corrected chi connectivity index (χ2v) is 9.09. The number of carbonyl (C=O) groups is 1. The van der Waals surface area contributed by atoms with Crippen LogP contribution in [0.3, 0.4) is 0 Å². The summed E-state index contributed by atoms with van der Waals surface area (Å²) in [6.07, 6.45) is 6.15. The zero-order valence-electron chi connectivity index (χ0n) is 17.0. The van der Waals surface area contributed by atoms with Gasteiger partial charge in [-0.3, -0.25) is 18.9 Å². The molecule has 158 valence electrons. The summed E-state index contributed by atoms with van der Waals surface area (Å²) in [5.74, 6) is 0.302. The molecule has 2 saturated heterocycles. The fourth-order valence-electron chi connectivity index (χ4n) is 3.60. The van der Waals surface area contributed by atoms with E-state index in [1.807, 2.05) is 26.0 Å². The molecule has 2 aromatic heterocycles. The molecule has 2 aliphatic heterocycles. The number of ether oxygens (including phenoxy) is 1. The van der Waals surface area contributed by atoms with Crippen molar-refractivity contribution in [1.29, 1.82) is 0 Å². The number of thioether (sulfide) groups is 1. The summed E-state index contributed by atoms with van der Waals surface area (Å²) in [6, 6.07) is 3.73. The van der Waals surface area contributed by atoms with Crippen LogP contribution in [0.5, 0.6) is 0 Å². The van der Waals surface area contributed by atoms with Crippen LogP contribution in [0.25, 0.3) is 11.7 Å². The third kappa shape index (κ3) is 4.01. The van der Waals surface area contributed by atoms with Gasteiger partial charge >= 0.3 is 0 Å². The van der Waals surface area contributed by atoms with E-state index in [4.69, 9.17) is 17.0 Å². The molecule has 1 N–H and O–H groups in total. The van der Waals surface area contributed by atoms with E-state index in [2.05, 4.69) is 10.3 Å². The van der Waals surface area contributed by atoms with Crippen LogP contribution in [0.1, 0.15) is 37.3 Å². The van der Waals surface area contributed by atoms with Crippen molar-refractivity contribution >= 4 is 51.7 Å². The Kier molecular flexibility index (Phi) is 6.21. The van der Waals surface area contributed by atoms with Crippen LogP contribution in [0.4, 0.5) is 5.82 Å². The third-order valence-electron chi connectivity index (χ3n) is 5.19. The number of anilines is 1. The zero-order valence-corrected chi connectivity index (χ0v) is 18.6. The maximum absolute atomic E-state index is 13.3. The van der Waals surface area contributed by atoms with Crippen molar-refractivity contribution in [2.24, 2.45) is 0 Å². The van der Waals surface area contributed by atoms with Crippen LogP contribution in [0.15, 0.2) is 28.0 Å². The van der Waals surface area contributed by atoms with Gasteiger partial charge in [0.2, 0.25) is 0 Å². The summed E-state index contributed by atoms with van der Waals surface area (Å²) < 4.78 is 7.67. The van der Waals surface area contributed by atoms with Crippen molar-refractivity contribution < 1.29 is 9.53 Å². The van der Waals surface area contributed by atoms with Gasteiger partial charge in [0.05, 0.1) is 23.1 Å². The summed E-state index contributed by atoms with van der Waals surface area (Å²) in [5, 5.41) is 3.24. The highest BCUT2D eigenvalue weighted by Gasteiger charge is 2.35. The Labute approximate surface area is 184 Å². The lowest BCUT2D eigenvalue weighted by Crippen LogP contribution is -2.35. The van der Waals surface area contributed by atoms with Crippen LogP contribution < -0.4 is 10.9 Å². The standard InChI is InChI=1S/C21H24N4O3S2/c1-3-8-22-17-15(19(26)24-9-4-6-13(2)18(24)23-17)11-16-20(27)25(21(29)30-16)12-14-7-5-10-28-14/h4,6,9,11,14,22H,3,5,7-8,10,12H2,1-2H3/b16-11-/t14-/m0/s1. The number of nitrogens with zero attached hydrogens (tertiary/aromatic N) is 3. The minimum Gasteiger partial charge on any atom is -0.376 e. The van der Waals surface area contributed by atoms with Gasteiger partial charge in [-0.25, -0.2) is 4.98 Å². The van der Waals surface area contributed by atoms with E-state index in [9.17, 15) is 9.59 Å². The summed E-state index contributed by atoms with van der Waals surface area (Å²) in [6.45, 7) is 5.82. The molecule has 30 heavy (non-hydrogen) atoms. The molecule has 2 aromatic rings. The second kappa shape index (κ2) is 8.87. The van der Waals surface area contributed by atoms with Crippen molar-refractivity contribution in [3.63, 3.8) is 0 Å². The van der Waals surface area contributed by atoms with Crippen molar-refractivity contribution in [3.8, 4) is 0 Å². The van der Waals surface area contributed by atoms with E-state index in [1.54, 1.807) is 17.2 Å². The monoisotopic (exact) mass is 444 g/mol. The highest BCUT2D eigenvalue weighted by Crippen LogP contribution is 2.34. The number of hydrogen-bond acceptors (Lipinski definition) is 7. The fraction of sp³-hybridized carbons (Fsp3) is 0.429. The lowest BCUT2D eigenvalue weighted by atomic mass is 10.2. The van der Waals surface area contributed by atoms with Crippen LogP contribution in [0, 0.1) is 6.92 Å². The summed E-state index contributed by atoms with van der Waals surface area (Å²) in [4.78, 5) is 33.0. The topological polar surface area (TPSA) is 75.9 Å². The van der Waals surface area contributed by atoms with E-state index in [-0.39, 0.29) is 17.6 Å². The molecule has 1 amide bonds. The van der Waals surface area contributed by atoms with Gasteiger partial charge in [-0.15, -0.1) is 0 Å². The first kappa shape index (κ1) is 21.0. The summed E-state index contributed by atoms with van der Waals surface area (Å²) in [5.41, 5.74) is 1.66. The average molecular weight is 445 g/mol. The molecule has 0 spiro atoms. The van der Waals surface area contributed by atoms with Crippen LogP contribution in [-0.2, 0) is 9.53 Å². The molecule has 0 saturated carbocycles. The maximum Gasteiger partial charge on any atom is 0.267 e. The molecule has 4 rings (SSSR count). The Morgan fingerprint density at radius 3 is 3.00 bits per heavy atom. The molecule has 0 radical (unpaired) electrons. The van der Waals surface area contributed by atoms with Crippen LogP contribution in [0.2, 0.25) is 0 Å². The van der Waals surface area contributed by atoms with E-state index in [0.29, 0.717) is 39.3 Å². The van der Waals surface area contributed by atoms with Crippen LogP contribution in [-0.4, -0.2) is 50.3 Å². The van der Waals surface area contributed by atoms with Gasteiger partial charge in [0, 0.05) is 19.3 Å². The number of carbonyl (C=O) groups excluding carboxylic acids is 1. The van der Waals surface area contributed by atoms with Crippen molar-refractivity contribution in [2.45, 2.75) is 39.2 Å². The first-order valence-corrected chi connectivity index (χ1v) is 11.3. The number of nitrogens with one attached hydrogen (secondary N) is 1. The predicted molar refractivity (Wildman–Crippen MR) is 124 cm³/mol. The normalized spacial score (nSPS) is 20.7. The lowest BCUT2D eigenvalue weighted by molar-refractivity contribution is -0.123. The molecule has 7 nitrogen and oxygen atoms in total. The molecule has 0 aromatic carbocycles. The minimum absolute atomic E-state index is 0.0181. The Hall–Kier alpha value is -2.23. The quantitative estimate of drug-likeness (QED) is 0.542. The van der Waals surface area contributed by atoms with E-state index in [0.717, 1.165) is 31.4 Å². The van der Waals surface area contributed by atoms with Gasteiger partial charge in [0.25, 0.3) is 11.5 Å². The number of aromatic nitrogens is 2. The van der Waals surface area contributed by atoms with Crippen molar-refractivity contribution in [3.05, 3.63) is 44.7 Å². The van der Waals surface area contributed by atoms with Crippen LogP contribution >= 0.6 is 24.0 Å². The molecule has 0 aliphatic carbocycles. The molecule has 1 atom stereocenters. The Bertz CT molecular complexity index is 1090. The number of amides is 1. The second-order valence-electron chi connectivity index (χ2n) is 7.42.